The van der Waals surface area contributed by atoms with Crippen LogP contribution >= 0.6 is 24.4 Å². The first-order valence-corrected chi connectivity index (χ1v) is 39.1. The average Bonchev–Trinajstić information content (AvgIpc) is 0.828. The first-order chi connectivity index (χ1) is 55.9. The van der Waals surface area contributed by atoms with E-state index in [2.05, 4.69) is 63.8 Å². The number of ether oxygens (including phenoxy) is 5. The number of hydrogen-bond acceptors (Lipinski definition) is 27. The van der Waals surface area contributed by atoms with Gasteiger partial charge in [0.25, 0.3) is 47.3 Å². The molecule has 116 heavy (non-hydrogen) atoms. The molecule has 8 amide bonds. The van der Waals surface area contributed by atoms with Gasteiger partial charge >= 0.3 is 0 Å². The zero-order valence-electron chi connectivity index (χ0n) is 65.3. The highest BCUT2D eigenvalue weighted by Crippen LogP contribution is 2.36. The molecule has 20 N–H and O–H groups in total. The molecule has 0 saturated carbocycles. The normalized spacial score (nSPS) is 16.5. The van der Waals surface area contributed by atoms with Crippen LogP contribution in [0.1, 0.15) is 115 Å². The van der Waals surface area contributed by atoms with Crippen LogP contribution in [0.2, 0.25) is 0 Å². The molecule has 13 rings (SSSR count). The van der Waals surface area contributed by atoms with E-state index in [0.29, 0.717) is 88.0 Å². The van der Waals surface area contributed by atoms with Gasteiger partial charge in [-0.15, -0.1) is 0 Å². The number of phenols is 8. The zero-order valence-corrected chi connectivity index (χ0v) is 67.0. The summed E-state index contributed by atoms with van der Waals surface area (Å²) in [4.78, 5) is 118. The molecule has 0 fully saturated rings. The molecule has 8 heterocycles. The van der Waals surface area contributed by atoms with E-state index in [9.17, 15) is 79.2 Å². The fraction of sp³-hybridized carbons (Fsp3) is 0.481. The number of nitrogens with zero attached hydrogens (tertiary/aromatic N) is 4. The van der Waals surface area contributed by atoms with Gasteiger partial charge < -0.3 is 128 Å². The highest BCUT2D eigenvalue weighted by Gasteiger charge is 2.29. The lowest BCUT2D eigenvalue weighted by atomic mass is 10.0. The molecule has 37 nitrogen and oxygen atoms in total. The maximum atomic E-state index is 14.6. The third-order valence-corrected chi connectivity index (χ3v) is 19.2. The number of phenolic OH excluding ortho intramolecular Hbond substituents is 8. The van der Waals surface area contributed by atoms with E-state index in [1.165, 1.54) is 48.5 Å². The Morgan fingerprint density at radius 2 is 0.664 bits per heavy atom. The number of carbonyl (C=O) groups excluding carboxylic acids is 8. The second-order valence-electron chi connectivity index (χ2n) is 26.8. The fourth-order valence-corrected chi connectivity index (χ4v) is 12.5. The van der Waals surface area contributed by atoms with Crippen LogP contribution < -0.4 is 63.8 Å². The Labute approximate surface area is 682 Å². The highest BCUT2D eigenvalue weighted by atomic mass is 32.1. The molecular weight excluding hydrogens is 1550 g/mol. The van der Waals surface area contributed by atoms with Crippen LogP contribution in [0.15, 0.2) is 72.8 Å². The number of amides is 8. The highest BCUT2D eigenvalue weighted by molar-refractivity contribution is 7.80. The molecule has 634 valence electrons. The molecule has 8 aliphatic heterocycles. The molecule has 1 atom stereocenters. The number of thiocarbonyl (C=S) groups is 2. The van der Waals surface area contributed by atoms with Gasteiger partial charge in [-0.3, -0.25) is 58.0 Å². The predicted octanol–water partition coefficient (Wildman–Crippen LogP) is 1.07. The summed E-state index contributed by atoms with van der Waals surface area (Å²) < 4.78 is 27.5. The van der Waals surface area contributed by atoms with Gasteiger partial charge in [-0.05, 0) is 123 Å². The summed E-state index contributed by atoms with van der Waals surface area (Å²) in [6.07, 6.45) is 1.97. The van der Waals surface area contributed by atoms with Gasteiger partial charge in [-0.25, -0.2) is 0 Å². The molecule has 8 bridgehead atoms. The Morgan fingerprint density at radius 3 is 0.991 bits per heavy atom. The second-order valence-corrected chi connectivity index (χ2v) is 27.6. The summed E-state index contributed by atoms with van der Waals surface area (Å²) >= 11 is 10.8. The minimum absolute atomic E-state index is 0.00196. The summed E-state index contributed by atoms with van der Waals surface area (Å²) in [7, 11) is 3.25. The lowest BCUT2D eigenvalue weighted by Gasteiger charge is -2.31. The summed E-state index contributed by atoms with van der Waals surface area (Å²) in [5.74, 6) is -13.6. The Bertz CT molecular complexity index is 4040. The van der Waals surface area contributed by atoms with E-state index >= 15 is 0 Å². The van der Waals surface area contributed by atoms with Crippen molar-refractivity contribution in [2.45, 2.75) is 38.6 Å². The molecule has 0 aliphatic carbocycles. The molecule has 0 aromatic heterocycles. The van der Waals surface area contributed by atoms with Crippen molar-refractivity contribution in [3.63, 3.8) is 0 Å². The van der Waals surface area contributed by atoms with Crippen LogP contribution in [0.25, 0.3) is 0 Å². The summed E-state index contributed by atoms with van der Waals surface area (Å²) in [6, 6.07) is 15.8. The number of rotatable bonds is 27. The van der Waals surface area contributed by atoms with Gasteiger partial charge in [0.1, 0.15) is 0 Å². The van der Waals surface area contributed by atoms with Gasteiger partial charge in [0.2, 0.25) is 0 Å². The van der Waals surface area contributed by atoms with Crippen molar-refractivity contribution in [1.29, 1.82) is 0 Å². The van der Waals surface area contributed by atoms with Crippen LogP contribution in [-0.4, -0.2) is 328 Å². The van der Waals surface area contributed by atoms with Crippen molar-refractivity contribution >= 4 is 93.3 Å². The summed E-state index contributed by atoms with van der Waals surface area (Å²) in [5, 5.41) is 125. The Hall–Kier alpha value is -10.7. The number of benzene rings is 5. The molecule has 1 unspecified atom stereocenters. The topological polar surface area (TPSA) is 502 Å². The van der Waals surface area contributed by atoms with E-state index in [1.807, 2.05) is 33.8 Å². The number of aromatic hydroxyl groups is 8. The van der Waals surface area contributed by atoms with Gasteiger partial charge in [0, 0.05) is 169 Å². The third-order valence-electron chi connectivity index (χ3n) is 18.6. The standard InChI is InChI=1S/C77H108N16O21S2/c1-4-39-111-44-45-112-40-37-91-30-23-81-70(104)54-14-12-52(60(94)62(54)96)68(102)79-21-28-90(29-22-80-69(103)53-13-15-55(63(97)61(53)95)71(105)82-24-31-91)35-36-93-34-27-85-74(108)57-17-16-56(64(98)65(57)99)72(106)83-25-32-92(38-41-113-46-47-114-43-42-110-3)33-26-84-73(107)58-18-19-59(67(101)66(58)100)75(109)87-51(48-93)7-5-6-20-86-77(116)89-50-10-8-49(9-11-50)88-76(115)78-2/h8-19,51,94-101H,4-7,20-48H2,1-3H3,(H,79,102)(H,80,103)(H,81,104)(H,82,105)(H,83,106)(H,84,107)(H,85,108)(H,87,109)(H2,78,88,115)(H2,86,89,116). The van der Waals surface area contributed by atoms with Crippen LogP contribution in [0.4, 0.5) is 11.4 Å². The van der Waals surface area contributed by atoms with E-state index in [1.54, 1.807) is 31.2 Å². The molecule has 8 aliphatic rings. The predicted molar refractivity (Wildman–Crippen MR) is 438 cm³/mol. The minimum Gasteiger partial charge on any atom is -0.504 e. The van der Waals surface area contributed by atoms with Gasteiger partial charge in [0.15, 0.2) is 56.2 Å². The maximum Gasteiger partial charge on any atom is 0.255 e. The fourth-order valence-electron chi connectivity index (χ4n) is 12.2. The molecular formula is C77H108N16O21S2. The van der Waals surface area contributed by atoms with Crippen LogP contribution in [0.3, 0.4) is 0 Å². The Morgan fingerprint density at radius 1 is 0.379 bits per heavy atom. The van der Waals surface area contributed by atoms with Crippen LogP contribution in [-0.2, 0) is 23.7 Å². The molecule has 5 aromatic rings. The van der Waals surface area contributed by atoms with Gasteiger partial charge in [-0.1, -0.05) is 6.92 Å². The van der Waals surface area contributed by atoms with Crippen molar-refractivity contribution in [2.75, 3.05) is 215 Å². The van der Waals surface area contributed by atoms with Gasteiger partial charge in [0.05, 0.1) is 97.4 Å². The van der Waals surface area contributed by atoms with Crippen LogP contribution in [0, 0.1) is 0 Å². The zero-order chi connectivity index (χ0) is 83.9. The van der Waals surface area contributed by atoms with Crippen molar-refractivity contribution in [3.8, 4) is 46.0 Å². The number of methoxy groups -OCH3 is 1. The minimum atomic E-state index is -0.899. The molecule has 0 spiro atoms. The van der Waals surface area contributed by atoms with E-state index in [0.717, 1.165) is 12.1 Å². The van der Waals surface area contributed by atoms with E-state index in [-0.39, 0.29) is 171 Å². The second kappa shape index (κ2) is 49.3. The lowest BCUT2D eigenvalue weighted by molar-refractivity contribution is 0.0196. The SMILES string of the molecule is CCCOCCOCCN1CCNC(=O)c2ccc(c(O)c2O)C(=O)NCCN(CCN2CCNC(=O)c3ccc(c(O)c3O)C(=O)NCCN(CCOCCOCCOC)CCNC(=O)c3ccc(c(O)c3O)C(=O)NC(CCCCNC(=S)Nc3ccc(NC(=S)NC)cc3)C2)CCNC(=O)c2ccc(c(O)c2O)C(=O)NCC1. The average molecular weight is 1660 g/mol. The molecule has 39 heteroatoms. The number of carbonyl (C=O) groups is 8. The third kappa shape index (κ3) is 29.5. The van der Waals surface area contributed by atoms with E-state index in [4.69, 9.17) is 48.1 Å². The summed E-state index contributed by atoms with van der Waals surface area (Å²) in [5.41, 5.74) is -1.51. The van der Waals surface area contributed by atoms with E-state index < -0.39 is 110 Å². The first kappa shape index (κ1) is 92.5. The number of hydrogen-bond donors (Lipinski definition) is 20. The summed E-state index contributed by atoms with van der Waals surface area (Å²) in [6.45, 7) is 6.40. The number of nitrogens with one attached hydrogen (secondary N) is 12. The molecule has 0 radical (unpaired) electrons. The molecule has 0 saturated heterocycles. The van der Waals surface area contributed by atoms with Crippen molar-refractivity contribution in [1.82, 2.24) is 72.8 Å². The van der Waals surface area contributed by atoms with Crippen molar-refractivity contribution in [3.05, 3.63) is 117 Å². The first-order valence-electron chi connectivity index (χ1n) is 38.2. The molecule has 5 aromatic carbocycles. The Kier molecular flexibility index (Phi) is 39.3. The maximum absolute atomic E-state index is 14.6. The van der Waals surface area contributed by atoms with Gasteiger partial charge in [-0.2, -0.15) is 0 Å². The largest absolute Gasteiger partial charge is 0.504 e. The quantitative estimate of drug-likeness (QED) is 0.0199. The smallest absolute Gasteiger partial charge is 0.255 e. The lowest BCUT2D eigenvalue weighted by Crippen LogP contribution is -2.49. The monoisotopic (exact) mass is 1660 g/mol. The Balaban J connectivity index is 1.16. The van der Waals surface area contributed by atoms with Crippen molar-refractivity contribution < 1.29 is 103 Å². The van der Waals surface area contributed by atoms with Crippen LogP contribution in [0.5, 0.6) is 46.0 Å². The number of anilines is 2. The number of unbranched alkanes of at least 4 members (excludes halogenated alkanes) is 1. The van der Waals surface area contributed by atoms with Crippen molar-refractivity contribution in [2.24, 2.45) is 0 Å².